The van der Waals surface area contributed by atoms with Gasteiger partial charge in [-0.15, -0.1) is 0 Å². The lowest BCUT2D eigenvalue weighted by Gasteiger charge is -2.24. The van der Waals surface area contributed by atoms with E-state index >= 15 is 0 Å². The van der Waals surface area contributed by atoms with Crippen LogP contribution in [0.5, 0.6) is 0 Å². The molecule has 0 aromatic heterocycles. The van der Waals surface area contributed by atoms with Gasteiger partial charge in [0.1, 0.15) is 0 Å². The van der Waals surface area contributed by atoms with Gasteiger partial charge in [-0.25, -0.2) is 0 Å². The molecular weight excluding hydrogens is 451 g/mol. The topological polar surface area (TPSA) is 73.0 Å². The smallest absolute Gasteiger partial charge is 0.253 e. The van der Waals surface area contributed by atoms with Crippen LogP contribution < -0.4 is 5.32 Å². The Bertz CT molecular complexity index is 985. The van der Waals surface area contributed by atoms with E-state index in [0.29, 0.717) is 47.5 Å². The summed E-state index contributed by atoms with van der Waals surface area (Å²) in [7, 11) is 1.60. The largest absolute Gasteiger partial charge is 0.337 e. The van der Waals surface area contributed by atoms with Crippen LogP contribution in [0.2, 0.25) is 10.0 Å². The van der Waals surface area contributed by atoms with Gasteiger partial charge in [-0.05, 0) is 36.8 Å². The normalized spacial score (nSPS) is 14.5. The third-order valence-electron chi connectivity index (χ3n) is 5.26. The molecule has 1 heterocycles. The van der Waals surface area contributed by atoms with E-state index in [1.165, 1.54) is 4.90 Å². The first-order valence-electron chi connectivity index (χ1n) is 10.4. The molecule has 2 aromatic rings. The summed E-state index contributed by atoms with van der Waals surface area (Å²) < 4.78 is 0. The third-order valence-corrected chi connectivity index (χ3v) is 5.83. The number of anilines is 1. The molecule has 0 radical (unpaired) electrons. The molecule has 9 heteroatoms. The van der Waals surface area contributed by atoms with Crippen molar-refractivity contribution in [3.8, 4) is 0 Å². The van der Waals surface area contributed by atoms with Gasteiger partial charge in [0.05, 0.1) is 23.8 Å². The Balaban J connectivity index is 1.48. The van der Waals surface area contributed by atoms with E-state index in [2.05, 4.69) is 5.32 Å². The number of benzene rings is 2. The molecule has 0 unspecified atom stereocenters. The molecule has 1 N–H and O–H groups in total. The second-order valence-electron chi connectivity index (χ2n) is 7.71. The van der Waals surface area contributed by atoms with Crippen LogP contribution in [0.15, 0.2) is 48.5 Å². The molecule has 3 amide bonds. The zero-order valence-corrected chi connectivity index (χ0v) is 19.4. The average Bonchev–Trinajstić information content (AvgIpc) is 3.00. The lowest BCUT2D eigenvalue weighted by atomic mass is 10.2. The first kappa shape index (κ1) is 24.0. The van der Waals surface area contributed by atoms with Crippen molar-refractivity contribution < 1.29 is 14.4 Å². The van der Waals surface area contributed by atoms with Crippen LogP contribution in [0.3, 0.4) is 0 Å². The van der Waals surface area contributed by atoms with Crippen LogP contribution in [0.4, 0.5) is 5.69 Å². The van der Waals surface area contributed by atoms with E-state index in [4.69, 9.17) is 23.2 Å². The van der Waals surface area contributed by atoms with Crippen LogP contribution in [-0.4, -0.2) is 78.7 Å². The molecule has 1 fully saturated rings. The van der Waals surface area contributed by atoms with Crippen molar-refractivity contribution in [3.63, 3.8) is 0 Å². The molecule has 0 saturated carbocycles. The Kier molecular flexibility index (Phi) is 8.50. The van der Waals surface area contributed by atoms with Gasteiger partial charge in [-0.2, -0.15) is 0 Å². The van der Waals surface area contributed by atoms with Crippen LogP contribution in [0, 0.1) is 0 Å². The lowest BCUT2D eigenvalue weighted by Crippen LogP contribution is -2.43. The minimum absolute atomic E-state index is 0.0611. The first-order chi connectivity index (χ1) is 15.3. The van der Waals surface area contributed by atoms with Gasteiger partial charge in [-0.1, -0.05) is 41.4 Å². The summed E-state index contributed by atoms with van der Waals surface area (Å²) in [5.41, 5.74) is 1.07. The molecule has 0 aliphatic carbocycles. The fourth-order valence-electron chi connectivity index (χ4n) is 3.50. The maximum atomic E-state index is 12.8. The zero-order valence-electron chi connectivity index (χ0n) is 17.9. The lowest BCUT2D eigenvalue weighted by molar-refractivity contribution is -0.134. The van der Waals surface area contributed by atoms with Crippen LogP contribution in [0.1, 0.15) is 16.8 Å². The van der Waals surface area contributed by atoms with Crippen molar-refractivity contribution in [3.05, 3.63) is 64.1 Å². The number of nitrogens with one attached hydrogen (secondary N) is 1. The Morgan fingerprint density at radius 1 is 1.00 bits per heavy atom. The van der Waals surface area contributed by atoms with Crippen molar-refractivity contribution in [2.75, 3.05) is 51.6 Å². The summed E-state index contributed by atoms with van der Waals surface area (Å²) in [4.78, 5) is 42.9. The van der Waals surface area contributed by atoms with E-state index in [1.54, 1.807) is 60.5 Å². The summed E-state index contributed by atoms with van der Waals surface area (Å²) in [6.07, 6.45) is 0.760. The number of carbonyl (C=O) groups is 3. The van der Waals surface area contributed by atoms with Gasteiger partial charge < -0.3 is 15.1 Å². The Labute approximate surface area is 197 Å². The van der Waals surface area contributed by atoms with Crippen molar-refractivity contribution in [1.29, 1.82) is 0 Å². The fraction of sp³-hybridized carbons (Fsp3) is 0.348. The Hall–Kier alpha value is -2.61. The highest BCUT2D eigenvalue weighted by molar-refractivity contribution is 6.33. The number of carbonyl (C=O) groups excluding carboxylic acids is 3. The molecule has 32 heavy (non-hydrogen) atoms. The third kappa shape index (κ3) is 6.69. The molecule has 7 nitrogen and oxygen atoms in total. The number of likely N-dealkylation sites (N-methyl/N-ethyl adjacent to an activating group) is 1. The highest BCUT2D eigenvalue weighted by Gasteiger charge is 2.23. The SMILES string of the molecule is CN(CC(=O)Nc1ccccc1Cl)C(=O)CN1CCCN(C(=O)c2cccc(Cl)c2)CC1. The number of para-hydroxylation sites is 1. The summed E-state index contributed by atoms with van der Waals surface area (Å²) in [6, 6.07) is 13.9. The number of nitrogens with zero attached hydrogens (tertiary/aromatic N) is 3. The standard InChI is InChI=1S/C23H26Cl2N4O3/c1-27(15-21(30)26-20-9-3-2-8-19(20)25)22(31)16-28-10-5-11-29(13-12-28)23(32)17-6-4-7-18(24)14-17/h2-4,6-9,14H,5,10-13,15-16H2,1H3,(H,26,30). The first-order valence-corrected chi connectivity index (χ1v) is 11.1. The highest BCUT2D eigenvalue weighted by atomic mass is 35.5. The molecule has 1 aliphatic heterocycles. The number of rotatable bonds is 6. The average molecular weight is 477 g/mol. The second kappa shape index (κ2) is 11.3. The predicted molar refractivity (Wildman–Crippen MR) is 126 cm³/mol. The number of hydrogen-bond acceptors (Lipinski definition) is 4. The van der Waals surface area contributed by atoms with E-state index in [9.17, 15) is 14.4 Å². The molecule has 2 aromatic carbocycles. The fourth-order valence-corrected chi connectivity index (χ4v) is 3.88. The van der Waals surface area contributed by atoms with Crippen LogP contribution >= 0.6 is 23.2 Å². The van der Waals surface area contributed by atoms with E-state index in [0.717, 1.165) is 6.42 Å². The molecule has 0 bridgehead atoms. The van der Waals surface area contributed by atoms with E-state index < -0.39 is 0 Å². The summed E-state index contributed by atoms with van der Waals surface area (Å²) in [5, 5.41) is 3.68. The highest BCUT2D eigenvalue weighted by Crippen LogP contribution is 2.20. The molecular formula is C23H26Cl2N4O3. The molecule has 0 spiro atoms. The molecule has 3 rings (SSSR count). The zero-order chi connectivity index (χ0) is 23.1. The van der Waals surface area contributed by atoms with Gasteiger partial charge in [0.25, 0.3) is 5.91 Å². The van der Waals surface area contributed by atoms with Crippen LogP contribution in [0.25, 0.3) is 0 Å². The van der Waals surface area contributed by atoms with Crippen molar-refractivity contribution in [2.45, 2.75) is 6.42 Å². The quantitative estimate of drug-likeness (QED) is 0.694. The Morgan fingerprint density at radius 3 is 2.53 bits per heavy atom. The summed E-state index contributed by atoms with van der Waals surface area (Å²) in [6.45, 7) is 2.54. The predicted octanol–water partition coefficient (Wildman–Crippen LogP) is 3.24. The molecule has 0 atom stereocenters. The van der Waals surface area contributed by atoms with Crippen molar-refractivity contribution >= 4 is 46.6 Å². The molecule has 1 saturated heterocycles. The van der Waals surface area contributed by atoms with Gasteiger partial charge in [0.15, 0.2) is 0 Å². The summed E-state index contributed by atoms with van der Waals surface area (Å²) >= 11 is 12.1. The van der Waals surface area contributed by atoms with Crippen LogP contribution in [-0.2, 0) is 9.59 Å². The van der Waals surface area contributed by atoms with E-state index in [-0.39, 0.29) is 30.8 Å². The molecule has 170 valence electrons. The minimum atomic E-state index is -0.317. The maximum absolute atomic E-state index is 12.8. The summed E-state index contributed by atoms with van der Waals surface area (Å²) in [5.74, 6) is -0.536. The number of amides is 3. The monoisotopic (exact) mass is 476 g/mol. The minimum Gasteiger partial charge on any atom is -0.337 e. The second-order valence-corrected chi connectivity index (χ2v) is 8.55. The van der Waals surface area contributed by atoms with Crippen molar-refractivity contribution in [1.82, 2.24) is 14.7 Å². The number of hydrogen-bond donors (Lipinski definition) is 1. The van der Waals surface area contributed by atoms with Gasteiger partial charge >= 0.3 is 0 Å². The Morgan fingerprint density at radius 2 is 1.78 bits per heavy atom. The maximum Gasteiger partial charge on any atom is 0.253 e. The van der Waals surface area contributed by atoms with Gasteiger partial charge in [0.2, 0.25) is 11.8 Å². The van der Waals surface area contributed by atoms with Gasteiger partial charge in [0, 0.05) is 43.8 Å². The number of halogens is 2. The van der Waals surface area contributed by atoms with Gasteiger partial charge in [-0.3, -0.25) is 19.3 Å². The van der Waals surface area contributed by atoms with Crippen molar-refractivity contribution in [2.24, 2.45) is 0 Å². The molecule has 1 aliphatic rings. The van der Waals surface area contributed by atoms with E-state index in [1.807, 2.05) is 4.90 Å².